The van der Waals surface area contributed by atoms with Crippen LogP contribution in [0, 0.1) is 46.8 Å². The molecule has 0 aliphatic heterocycles. The highest BCUT2D eigenvalue weighted by Gasteiger charge is 2.90. The molecule has 0 amide bonds. The fraction of sp³-hybridized carbons (Fsp3) is 0.923. The molecule has 80 valence electrons. The monoisotopic (exact) mass is 204 g/mol. The number of Topliss-reactive ketones (excluding diaryl/α,β-unsaturated/α-hetero) is 1. The quantitative estimate of drug-likeness (QED) is 0.641. The minimum Gasteiger partial charge on any atom is -0.381 e. The molecule has 5 aliphatic carbocycles. The van der Waals surface area contributed by atoms with E-state index in [0.717, 1.165) is 5.92 Å². The first kappa shape index (κ1) is 7.83. The van der Waals surface area contributed by atoms with E-state index < -0.39 is 5.60 Å². The minimum absolute atomic E-state index is 0.138. The topological polar surface area (TPSA) is 37.3 Å². The molecule has 2 nitrogen and oxygen atoms in total. The lowest BCUT2D eigenvalue weighted by Gasteiger charge is -2.54. The molecule has 0 aromatic carbocycles. The summed E-state index contributed by atoms with van der Waals surface area (Å²) in [5.41, 5.74) is -1.07. The van der Waals surface area contributed by atoms with Crippen molar-refractivity contribution in [2.75, 3.05) is 0 Å². The van der Waals surface area contributed by atoms with Crippen LogP contribution < -0.4 is 0 Å². The number of hydrogen-bond acceptors (Lipinski definition) is 2. The highest BCUT2D eigenvalue weighted by Crippen LogP contribution is 2.87. The summed E-state index contributed by atoms with van der Waals surface area (Å²) in [5, 5.41) is 10.9. The highest BCUT2D eigenvalue weighted by molar-refractivity contribution is 5.97. The van der Waals surface area contributed by atoms with Gasteiger partial charge in [-0.3, -0.25) is 4.79 Å². The molecule has 1 N–H and O–H groups in total. The zero-order valence-electron chi connectivity index (χ0n) is 9.10. The molecule has 0 saturated heterocycles. The Labute approximate surface area is 89.0 Å². The lowest BCUT2D eigenvalue weighted by Crippen LogP contribution is -2.59. The van der Waals surface area contributed by atoms with Gasteiger partial charge >= 0.3 is 0 Å². The first-order chi connectivity index (χ1) is 7.01. The number of aliphatic hydroxyl groups is 1. The number of rotatable bonds is 0. The number of ketones is 1. The Morgan fingerprint density at radius 2 is 1.87 bits per heavy atom. The highest BCUT2D eigenvalue weighted by atomic mass is 16.3. The molecule has 0 aromatic rings. The van der Waals surface area contributed by atoms with E-state index >= 15 is 0 Å². The molecule has 0 radical (unpaired) electrons. The first-order valence-corrected chi connectivity index (χ1v) is 6.28. The number of fused-ring (bicyclic) bond motifs is 2. The van der Waals surface area contributed by atoms with Gasteiger partial charge in [-0.1, -0.05) is 13.8 Å². The number of hydrogen-bond donors (Lipinski definition) is 1. The average molecular weight is 204 g/mol. The molecule has 2 bridgehead atoms. The summed E-state index contributed by atoms with van der Waals surface area (Å²) in [7, 11) is 0. The second-order valence-corrected chi connectivity index (χ2v) is 7.15. The average Bonchev–Trinajstić information content (AvgIpc) is 2.71. The van der Waals surface area contributed by atoms with Crippen LogP contribution in [-0.4, -0.2) is 16.5 Å². The summed E-state index contributed by atoms with van der Waals surface area (Å²) < 4.78 is 0. The van der Waals surface area contributed by atoms with Crippen molar-refractivity contribution >= 4 is 5.78 Å². The molecule has 0 aromatic heterocycles. The minimum atomic E-state index is -0.931. The molecule has 5 saturated carbocycles. The van der Waals surface area contributed by atoms with E-state index in [1.165, 1.54) is 6.42 Å². The van der Waals surface area contributed by atoms with E-state index in [1.54, 1.807) is 0 Å². The van der Waals surface area contributed by atoms with Crippen molar-refractivity contribution in [2.24, 2.45) is 46.8 Å². The van der Waals surface area contributed by atoms with Crippen LogP contribution in [0.5, 0.6) is 0 Å². The van der Waals surface area contributed by atoms with Gasteiger partial charge in [-0.05, 0) is 36.0 Å². The van der Waals surface area contributed by atoms with Crippen LogP contribution in [0.4, 0.5) is 0 Å². The third-order valence-electron chi connectivity index (χ3n) is 7.09. The van der Waals surface area contributed by atoms with Gasteiger partial charge in [-0.25, -0.2) is 0 Å². The lowest BCUT2D eigenvalue weighted by molar-refractivity contribution is -0.167. The van der Waals surface area contributed by atoms with Gasteiger partial charge in [0.2, 0.25) is 0 Å². The molecule has 8 atom stereocenters. The van der Waals surface area contributed by atoms with Gasteiger partial charge < -0.3 is 5.11 Å². The van der Waals surface area contributed by atoms with E-state index in [2.05, 4.69) is 13.8 Å². The van der Waals surface area contributed by atoms with Crippen molar-refractivity contribution in [1.82, 2.24) is 0 Å². The maximum Gasteiger partial charge on any atom is 0.168 e. The van der Waals surface area contributed by atoms with Crippen LogP contribution >= 0.6 is 0 Å². The molecule has 15 heavy (non-hydrogen) atoms. The first-order valence-electron chi connectivity index (χ1n) is 6.28. The largest absolute Gasteiger partial charge is 0.381 e. The molecule has 0 spiro atoms. The predicted octanol–water partition coefficient (Wildman–Crippen LogP) is 1.08. The zero-order chi connectivity index (χ0) is 10.3. The van der Waals surface area contributed by atoms with Crippen LogP contribution in [0.1, 0.15) is 20.3 Å². The summed E-state index contributed by atoms with van der Waals surface area (Å²) in [4.78, 5) is 12.3. The fourth-order valence-electron chi connectivity index (χ4n) is 6.97. The standard InChI is InChI=1S/C13H16O2/c1-12(2)9-5-3-4-6(9)8-7(4)10(5)13(12,15)11(8)14/h4-10,15H,3H2,1-2H3/t4-,5+,6+,7-,8+,9+,10-,13+/m1/s1. The molecule has 0 unspecified atom stereocenters. The Balaban J connectivity index is 1.90. The van der Waals surface area contributed by atoms with Gasteiger partial charge in [0.25, 0.3) is 0 Å². The third kappa shape index (κ3) is 0.415. The van der Waals surface area contributed by atoms with Crippen LogP contribution in [-0.2, 0) is 4.79 Å². The Morgan fingerprint density at radius 1 is 1.20 bits per heavy atom. The van der Waals surface area contributed by atoms with E-state index in [-0.39, 0.29) is 17.1 Å². The van der Waals surface area contributed by atoms with Crippen molar-refractivity contribution in [3.63, 3.8) is 0 Å². The van der Waals surface area contributed by atoms with Crippen molar-refractivity contribution in [3.8, 4) is 0 Å². The Bertz CT molecular complexity index is 426. The van der Waals surface area contributed by atoms with Crippen LogP contribution in [0.15, 0.2) is 0 Å². The molecule has 5 fully saturated rings. The van der Waals surface area contributed by atoms with Crippen molar-refractivity contribution in [1.29, 1.82) is 0 Å². The van der Waals surface area contributed by atoms with Gasteiger partial charge in [0, 0.05) is 17.3 Å². The van der Waals surface area contributed by atoms with Crippen LogP contribution in [0.3, 0.4) is 0 Å². The lowest BCUT2D eigenvalue weighted by atomic mass is 9.49. The molecular weight excluding hydrogens is 188 g/mol. The summed E-state index contributed by atoms with van der Waals surface area (Å²) in [5.74, 6) is 4.28. The zero-order valence-corrected chi connectivity index (χ0v) is 9.10. The van der Waals surface area contributed by atoms with E-state index in [1.807, 2.05) is 0 Å². The predicted molar refractivity (Wildman–Crippen MR) is 52.8 cm³/mol. The molecule has 5 aliphatic rings. The maximum absolute atomic E-state index is 12.3. The summed E-state index contributed by atoms with van der Waals surface area (Å²) in [6.07, 6.45) is 1.32. The van der Waals surface area contributed by atoms with E-state index in [9.17, 15) is 9.90 Å². The Morgan fingerprint density at radius 3 is 2.60 bits per heavy atom. The van der Waals surface area contributed by atoms with Gasteiger partial charge in [-0.2, -0.15) is 0 Å². The Hall–Kier alpha value is -0.370. The number of carbonyl (C=O) groups is 1. The molecular formula is C13H16O2. The maximum atomic E-state index is 12.3. The summed E-state index contributed by atoms with van der Waals surface area (Å²) >= 11 is 0. The van der Waals surface area contributed by atoms with Gasteiger partial charge in [0.15, 0.2) is 5.78 Å². The van der Waals surface area contributed by atoms with Crippen molar-refractivity contribution in [3.05, 3.63) is 0 Å². The summed E-state index contributed by atoms with van der Waals surface area (Å²) in [6.45, 7) is 4.28. The van der Waals surface area contributed by atoms with Gasteiger partial charge in [-0.15, -0.1) is 0 Å². The molecule has 2 heteroatoms. The molecule has 0 heterocycles. The SMILES string of the molecule is CC1(C)[C@H]2[C@@H]3C[C@H]4[C@@H]5[C@@H](C(=O)[C@@]1(O)[C@H]35)[C@H]42. The van der Waals surface area contributed by atoms with E-state index in [0.29, 0.717) is 29.6 Å². The van der Waals surface area contributed by atoms with E-state index in [4.69, 9.17) is 0 Å². The number of carbonyl (C=O) groups excluding carboxylic acids is 1. The fourth-order valence-corrected chi connectivity index (χ4v) is 6.97. The normalized spacial score (nSPS) is 74.3. The smallest absolute Gasteiger partial charge is 0.168 e. The second-order valence-electron chi connectivity index (χ2n) is 7.15. The Kier molecular flexibility index (Phi) is 0.846. The van der Waals surface area contributed by atoms with Crippen molar-refractivity contribution < 1.29 is 9.90 Å². The molecule has 5 rings (SSSR count). The van der Waals surface area contributed by atoms with Crippen LogP contribution in [0.25, 0.3) is 0 Å². The van der Waals surface area contributed by atoms with Crippen molar-refractivity contribution in [2.45, 2.75) is 25.9 Å². The van der Waals surface area contributed by atoms with Gasteiger partial charge in [0.1, 0.15) is 5.60 Å². The summed E-state index contributed by atoms with van der Waals surface area (Å²) in [6, 6.07) is 0. The van der Waals surface area contributed by atoms with Gasteiger partial charge in [0.05, 0.1) is 0 Å². The third-order valence-corrected chi connectivity index (χ3v) is 7.09. The van der Waals surface area contributed by atoms with Crippen LogP contribution in [0.2, 0.25) is 0 Å². The second kappa shape index (κ2) is 1.62.